The van der Waals surface area contributed by atoms with Crippen LogP contribution in [-0.2, 0) is 14.3 Å². The summed E-state index contributed by atoms with van der Waals surface area (Å²) in [5.74, 6) is -0.629. The lowest BCUT2D eigenvalue weighted by molar-refractivity contribution is -0.384. The third-order valence-corrected chi connectivity index (χ3v) is 7.48. The number of anilines is 1. The number of benzene rings is 2. The van der Waals surface area contributed by atoms with Crippen LogP contribution in [0, 0.1) is 24.0 Å². The first kappa shape index (κ1) is 26.8. The summed E-state index contributed by atoms with van der Waals surface area (Å²) in [5.41, 5.74) is 2.43. The molecule has 196 valence electrons. The molecule has 0 bridgehead atoms. The number of para-hydroxylation sites is 1. The van der Waals surface area contributed by atoms with E-state index in [0.29, 0.717) is 11.7 Å². The van der Waals surface area contributed by atoms with Gasteiger partial charge in [-0.3, -0.25) is 29.5 Å². The molecule has 0 spiro atoms. The van der Waals surface area contributed by atoms with Crippen molar-refractivity contribution in [1.82, 2.24) is 9.80 Å². The average molecular weight is 526 g/mol. The lowest BCUT2D eigenvalue weighted by Gasteiger charge is -2.27. The van der Waals surface area contributed by atoms with Gasteiger partial charge in [0, 0.05) is 38.7 Å². The van der Waals surface area contributed by atoms with Crippen LogP contribution in [-0.4, -0.2) is 76.3 Å². The van der Waals surface area contributed by atoms with E-state index in [0.717, 1.165) is 56.1 Å². The summed E-state index contributed by atoms with van der Waals surface area (Å²) in [5, 5.41) is 13.9. The van der Waals surface area contributed by atoms with E-state index in [-0.39, 0.29) is 23.7 Å². The van der Waals surface area contributed by atoms with Crippen LogP contribution in [0.2, 0.25) is 0 Å². The zero-order valence-electron chi connectivity index (χ0n) is 21.0. The summed E-state index contributed by atoms with van der Waals surface area (Å²) in [6.45, 7) is 8.23. The van der Waals surface area contributed by atoms with E-state index >= 15 is 0 Å². The van der Waals surface area contributed by atoms with E-state index in [1.54, 1.807) is 17.9 Å². The first-order valence-corrected chi connectivity index (χ1v) is 13.2. The highest BCUT2D eigenvalue weighted by molar-refractivity contribution is 8.15. The fraction of sp³-hybridized carbons (Fsp3) is 0.423. The van der Waals surface area contributed by atoms with Crippen LogP contribution in [0.1, 0.15) is 24.0 Å². The normalized spacial score (nSPS) is 19.4. The van der Waals surface area contributed by atoms with Crippen molar-refractivity contribution in [2.75, 3.05) is 44.7 Å². The van der Waals surface area contributed by atoms with Crippen LogP contribution < -0.4 is 5.32 Å². The molecule has 2 aliphatic rings. The smallest absolute Gasteiger partial charge is 0.293 e. The van der Waals surface area contributed by atoms with Gasteiger partial charge in [-0.1, -0.05) is 36.0 Å². The van der Waals surface area contributed by atoms with E-state index in [2.05, 4.69) is 10.2 Å². The van der Waals surface area contributed by atoms with Crippen LogP contribution in [0.25, 0.3) is 0 Å². The van der Waals surface area contributed by atoms with Gasteiger partial charge in [0.1, 0.15) is 10.9 Å². The summed E-state index contributed by atoms with van der Waals surface area (Å²) in [4.78, 5) is 45.9. The molecule has 10 nitrogen and oxygen atoms in total. The van der Waals surface area contributed by atoms with Crippen molar-refractivity contribution in [3.8, 4) is 0 Å². The van der Waals surface area contributed by atoms with Crippen molar-refractivity contribution in [1.29, 1.82) is 0 Å². The van der Waals surface area contributed by atoms with Gasteiger partial charge < -0.3 is 10.1 Å². The maximum Gasteiger partial charge on any atom is 0.293 e. The Kier molecular flexibility index (Phi) is 8.91. The molecular formula is C26H31N5O5S. The lowest BCUT2D eigenvalue weighted by atomic mass is 10.2. The Morgan fingerprint density at radius 1 is 1.19 bits per heavy atom. The number of ether oxygens (including phenoxy) is 1. The Bertz CT molecular complexity index is 1200. The van der Waals surface area contributed by atoms with Crippen molar-refractivity contribution in [3.63, 3.8) is 0 Å². The number of thioether (sulfide) groups is 1. The van der Waals surface area contributed by atoms with Gasteiger partial charge in [-0.15, -0.1) is 0 Å². The number of nitro groups is 1. The molecule has 2 saturated heterocycles. The number of hydrogen-bond acceptors (Lipinski definition) is 8. The lowest BCUT2D eigenvalue weighted by Crippen LogP contribution is -2.39. The van der Waals surface area contributed by atoms with Crippen molar-refractivity contribution in [2.45, 2.75) is 31.9 Å². The van der Waals surface area contributed by atoms with E-state index in [9.17, 15) is 19.7 Å². The SMILES string of the molecule is Cc1ccc(NC(=O)C[C@@H]2SC(=Nc3ccccc3C)N(CCCN3CCOCC3)C2=O)c([N+](=O)[O-])c1. The van der Waals surface area contributed by atoms with Crippen molar-refractivity contribution in [3.05, 3.63) is 63.7 Å². The number of hydrogen-bond donors (Lipinski definition) is 1. The van der Waals surface area contributed by atoms with Crippen LogP contribution in [0.3, 0.4) is 0 Å². The number of amides is 2. The molecule has 0 saturated carbocycles. The number of nitrogens with one attached hydrogen (secondary N) is 1. The Morgan fingerprint density at radius 2 is 1.95 bits per heavy atom. The summed E-state index contributed by atoms with van der Waals surface area (Å²) in [6.07, 6.45) is 0.662. The largest absolute Gasteiger partial charge is 0.379 e. The van der Waals surface area contributed by atoms with Gasteiger partial charge >= 0.3 is 0 Å². The maximum atomic E-state index is 13.4. The monoisotopic (exact) mass is 525 g/mol. The molecule has 0 aliphatic carbocycles. The summed E-state index contributed by atoms with van der Waals surface area (Å²) >= 11 is 1.27. The number of rotatable bonds is 9. The first-order chi connectivity index (χ1) is 17.8. The second-order valence-electron chi connectivity index (χ2n) is 9.11. The zero-order chi connectivity index (χ0) is 26.4. The van der Waals surface area contributed by atoms with Gasteiger partial charge in [-0.2, -0.15) is 0 Å². The zero-order valence-corrected chi connectivity index (χ0v) is 21.8. The third-order valence-electron chi connectivity index (χ3n) is 6.31. The van der Waals surface area contributed by atoms with Gasteiger partial charge in [0.15, 0.2) is 5.17 Å². The van der Waals surface area contributed by atoms with E-state index in [4.69, 9.17) is 9.73 Å². The first-order valence-electron chi connectivity index (χ1n) is 12.3. The molecule has 0 radical (unpaired) electrons. The number of nitro benzene ring substituents is 1. The molecule has 4 rings (SSSR count). The fourth-order valence-corrected chi connectivity index (χ4v) is 5.44. The molecule has 0 aromatic heterocycles. The van der Waals surface area contributed by atoms with E-state index in [1.165, 1.54) is 23.9 Å². The highest BCUT2D eigenvalue weighted by Gasteiger charge is 2.39. The second-order valence-corrected chi connectivity index (χ2v) is 10.3. The minimum Gasteiger partial charge on any atom is -0.379 e. The number of aliphatic imine (C=N–C) groups is 1. The molecule has 2 aromatic carbocycles. The number of morpholine rings is 1. The molecule has 1 N–H and O–H groups in total. The molecule has 2 heterocycles. The number of carbonyl (C=O) groups excluding carboxylic acids is 2. The number of amidine groups is 1. The van der Waals surface area contributed by atoms with Crippen LogP contribution >= 0.6 is 11.8 Å². The van der Waals surface area contributed by atoms with E-state index in [1.807, 2.05) is 31.2 Å². The predicted molar refractivity (Wildman–Crippen MR) is 144 cm³/mol. The minimum atomic E-state index is -0.657. The maximum absolute atomic E-state index is 13.4. The Balaban J connectivity index is 1.47. The Hall–Kier alpha value is -3.28. The number of carbonyl (C=O) groups is 2. The topological polar surface area (TPSA) is 117 Å². The molecule has 37 heavy (non-hydrogen) atoms. The fourth-order valence-electron chi connectivity index (χ4n) is 4.27. The van der Waals surface area contributed by atoms with Crippen LogP contribution in [0.5, 0.6) is 0 Å². The highest BCUT2D eigenvalue weighted by Crippen LogP contribution is 2.33. The van der Waals surface area contributed by atoms with Gasteiger partial charge in [0.05, 0.1) is 23.8 Å². The molecule has 11 heteroatoms. The summed E-state index contributed by atoms with van der Waals surface area (Å²) in [6, 6.07) is 12.3. The van der Waals surface area contributed by atoms with Crippen molar-refractivity contribution < 1.29 is 19.2 Å². The van der Waals surface area contributed by atoms with Crippen LogP contribution in [0.15, 0.2) is 47.5 Å². The number of nitrogens with zero attached hydrogens (tertiary/aromatic N) is 4. The standard InChI is InChI=1S/C26H31N5O5S/c1-18-8-9-21(22(16-18)31(34)35)27-24(32)17-23-25(33)30(11-5-10-29-12-14-36-15-13-29)26(37-23)28-20-7-4-3-6-19(20)2/h3-4,6-9,16,23H,5,10-15,17H2,1-2H3,(H,27,32)/t23-/m0/s1. The summed E-state index contributed by atoms with van der Waals surface area (Å²) in [7, 11) is 0. The van der Waals surface area contributed by atoms with Gasteiger partial charge in [-0.25, -0.2) is 4.99 Å². The van der Waals surface area contributed by atoms with Gasteiger partial charge in [0.25, 0.3) is 5.69 Å². The van der Waals surface area contributed by atoms with Crippen LogP contribution in [0.4, 0.5) is 17.1 Å². The second kappa shape index (κ2) is 12.3. The third kappa shape index (κ3) is 6.94. The van der Waals surface area contributed by atoms with Crippen molar-refractivity contribution in [2.24, 2.45) is 4.99 Å². The molecule has 2 fully saturated rings. The quantitative estimate of drug-likeness (QED) is 0.390. The minimum absolute atomic E-state index is 0.110. The molecule has 2 amide bonds. The molecule has 2 aromatic rings. The van der Waals surface area contributed by atoms with Gasteiger partial charge in [-0.05, 0) is 43.5 Å². The highest BCUT2D eigenvalue weighted by atomic mass is 32.2. The van der Waals surface area contributed by atoms with Gasteiger partial charge in [0.2, 0.25) is 11.8 Å². The Labute approximate surface area is 220 Å². The summed E-state index contributed by atoms with van der Waals surface area (Å²) < 4.78 is 5.41. The van der Waals surface area contributed by atoms with Crippen molar-refractivity contribution >= 4 is 45.8 Å². The molecule has 0 unspecified atom stereocenters. The average Bonchev–Trinajstić information content (AvgIpc) is 3.16. The number of aryl methyl sites for hydroxylation is 2. The predicted octanol–water partition coefficient (Wildman–Crippen LogP) is 3.89. The molecule has 2 aliphatic heterocycles. The Morgan fingerprint density at radius 3 is 2.68 bits per heavy atom. The molecule has 1 atom stereocenters. The molecular weight excluding hydrogens is 494 g/mol. The van der Waals surface area contributed by atoms with E-state index < -0.39 is 16.1 Å².